The molecule has 0 saturated carbocycles. The minimum atomic E-state index is 0.704. The number of nitrogens with zero attached hydrogens (tertiary/aromatic N) is 3. The number of hydrogen-bond donors (Lipinski definition) is 0. The molecule has 0 radical (unpaired) electrons. The van der Waals surface area contributed by atoms with E-state index in [4.69, 9.17) is 4.42 Å². The molecule has 0 aromatic carbocycles. The molecule has 0 saturated heterocycles. The number of aryl methyl sites for hydroxylation is 2. The first-order valence-electron chi connectivity index (χ1n) is 5.11. The molecule has 0 N–H and O–H groups in total. The highest BCUT2D eigenvalue weighted by molar-refractivity contribution is 5.63. The topological polar surface area (TPSA) is 43.3 Å². The maximum Gasteiger partial charge on any atom is 0.234 e. The van der Waals surface area contributed by atoms with E-state index in [1.165, 1.54) is 0 Å². The summed E-state index contributed by atoms with van der Waals surface area (Å²) in [6.45, 7) is 3.88. The molecule has 3 rings (SSSR count). The van der Waals surface area contributed by atoms with Crippen molar-refractivity contribution in [3.8, 4) is 11.3 Å². The first-order valence-corrected chi connectivity index (χ1v) is 5.11. The molecule has 0 bridgehead atoms. The first-order chi connectivity index (χ1) is 7.74. The number of aromatic nitrogens is 3. The predicted molar refractivity (Wildman–Crippen MR) is 60.2 cm³/mol. The molecule has 4 nitrogen and oxygen atoms in total. The second-order valence-corrected chi connectivity index (χ2v) is 3.78. The van der Waals surface area contributed by atoms with Crippen LogP contribution in [0.1, 0.15) is 11.5 Å². The van der Waals surface area contributed by atoms with Crippen LogP contribution < -0.4 is 0 Å². The molecule has 3 aromatic rings. The van der Waals surface area contributed by atoms with Crippen molar-refractivity contribution in [1.29, 1.82) is 0 Å². The molecule has 4 heteroatoms. The average molecular weight is 213 g/mol. The molecule has 0 amide bonds. The Bertz CT molecular complexity index is 618. The molecule has 0 atom stereocenters. The molecule has 3 heterocycles. The summed E-state index contributed by atoms with van der Waals surface area (Å²) in [5.41, 5.74) is 1.93. The van der Waals surface area contributed by atoms with Crippen molar-refractivity contribution >= 4 is 5.78 Å². The Kier molecular flexibility index (Phi) is 1.83. The highest BCUT2D eigenvalue weighted by atomic mass is 16.3. The van der Waals surface area contributed by atoms with E-state index < -0.39 is 0 Å². The van der Waals surface area contributed by atoms with Crippen molar-refractivity contribution in [2.75, 3.05) is 0 Å². The zero-order valence-electron chi connectivity index (χ0n) is 9.14. The van der Waals surface area contributed by atoms with E-state index in [2.05, 4.69) is 9.97 Å². The van der Waals surface area contributed by atoms with Crippen molar-refractivity contribution < 1.29 is 4.42 Å². The summed E-state index contributed by atoms with van der Waals surface area (Å²) in [7, 11) is 0. The number of rotatable bonds is 1. The molecular formula is C12H11N3O. The van der Waals surface area contributed by atoms with Crippen molar-refractivity contribution in [3.05, 3.63) is 42.2 Å². The van der Waals surface area contributed by atoms with Crippen LogP contribution in [-0.4, -0.2) is 14.4 Å². The Morgan fingerprint density at radius 1 is 1.31 bits per heavy atom. The average Bonchev–Trinajstić information content (AvgIpc) is 2.81. The fraction of sp³-hybridized carbons (Fsp3) is 0.167. The van der Waals surface area contributed by atoms with Crippen molar-refractivity contribution in [3.63, 3.8) is 0 Å². The zero-order chi connectivity index (χ0) is 11.1. The second kappa shape index (κ2) is 3.20. The van der Waals surface area contributed by atoms with Crippen LogP contribution in [-0.2, 0) is 0 Å². The summed E-state index contributed by atoms with van der Waals surface area (Å²) in [6, 6.07) is 3.88. The van der Waals surface area contributed by atoms with Gasteiger partial charge in [0.15, 0.2) is 0 Å². The lowest BCUT2D eigenvalue weighted by Crippen LogP contribution is -1.82. The van der Waals surface area contributed by atoms with Crippen molar-refractivity contribution in [2.45, 2.75) is 13.8 Å². The van der Waals surface area contributed by atoms with Crippen LogP contribution in [0.25, 0.3) is 17.0 Å². The van der Waals surface area contributed by atoms with Gasteiger partial charge < -0.3 is 4.42 Å². The zero-order valence-corrected chi connectivity index (χ0v) is 9.14. The van der Waals surface area contributed by atoms with E-state index >= 15 is 0 Å². The smallest absolute Gasteiger partial charge is 0.234 e. The van der Waals surface area contributed by atoms with E-state index in [-0.39, 0.29) is 0 Å². The third-order valence-corrected chi connectivity index (χ3v) is 2.55. The Hall–Kier alpha value is -2.10. The molecule has 0 aliphatic heterocycles. The van der Waals surface area contributed by atoms with Crippen LogP contribution in [0.15, 0.2) is 35.1 Å². The van der Waals surface area contributed by atoms with E-state index in [0.29, 0.717) is 5.78 Å². The van der Waals surface area contributed by atoms with Gasteiger partial charge in [-0.3, -0.25) is 4.40 Å². The van der Waals surface area contributed by atoms with Crippen LogP contribution >= 0.6 is 0 Å². The van der Waals surface area contributed by atoms with Gasteiger partial charge in [-0.1, -0.05) is 0 Å². The number of hydrogen-bond acceptors (Lipinski definition) is 3. The Labute approximate surface area is 92.6 Å². The monoisotopic (exact) mass is 213 g/mol. The molecule has 0 unspecified atom stereocenters. The quantitative estimate of drug-likeness (QED) is 0.624. The summed E-state index contributed by atoms with van der Waals surface area (Å²) in [5, 5.41) is 0. The largest absolute Gasteiger partial charge is 0.466 e. The lowest BCUT2D eigenvalue weighted by Gasteiger charge is -1.89. The second-order valence-electron chi connectivity index (χ2n) is 3.78. The Morgan fingerprint density at radius 3 is 2.88 bits per heavy atom. The lowest BCUT2D eigenvalue weighted by molar-refractivity contribution is 0.505. The molecule has 16 heavy (non-hydrogen) atoms. The summed E-state index contributed by atoms with van der Waals surface area (Å²) in [5.74, 6) is 2.49. The van der Waals surface area contributed by atoms with Gasteiger partial charge in [-0.25, -0.2) is 9.97 Å². The standard InChI is InChI=1S/C12H11N3O/c1-8-6-10(9(2)16-8)11-7-15-5-3-4-13-12(15)14-11/h3-7H,1-2H3. The van der Waals surface area contributed by atoms with Gasteiger partial charge in [0.25, 0.3) is 0 Å². The first kappa shape index (κ1) is 9.15. The molecule has 0 aliphatic carbocycles. The fourth-order valence-corrected chi connectivity index (χ4v) is 1.84. The van der Waals surface area contributed by atoms with Crippen molar-refractivity contribution in [2.24, 2.45) is 0 Å². The summed E-state index contributed by atoms with van der Waals surface area (Å²) >= 11 is 0. The van der Waals surface area contributed by atoms with E-state index in [1.807, 2.05) is 42.8 Å². The molecule has 0 spiro atoms. The highest BCUT2D eigenvalue weighted by Crippen LogP contribution is 2.25. The van der Waals surface area contributed by atoms with Gasteiger partial charge >= 0.3 is 0 Å². The van der Waals surface area contributed by atoms with Crippen molar-refractivity contribution in [1.82, 2.24) is 14.4 Å². The highest BCUT2D eigenvalue weighted by Gasteiger charge is 2.11. The summed E-state index contributed by atoms with van der Waals surface area (Å²) in [4.78, 5) is 8.63. The summed E-state index contributed by atoms with van der Waals surface area (Å²) < 4.78 is 7.40. The van der Waals surface area contributed by atoms with Crippen LogP contribution in [0, 0.1) is 13.8 Å². The normalized spacial score (nSPS) is 11.1. The third kappa shape index (κ3) is 1.31. The molecule has 0 aliphatic rings. The van der Waals surface area contributed by atoms with Gasteiger partial charge in [0, 0.05) is 24.2 Å². The molecule has 3 aromatic heterocycles. The van der Waals surface area contributed by atoms with Gasteiger partial charge in [0.05, 0.1) is 5.69 Å². The molecular weight excluding hydrogens is 202 g/mol. The summed E-state index contributed by atoms with van der Waals surface area (Å²) in [6.07, 6.45) is 5.63. The minimum absolute atomic E-state index is 0.704. The Morgan fingerprint density at radius 2 is 2.19 bits per heavy atom. The van der Waals surface area contributed by atoms with Gasteiger partial charge in [-0.2, -0.15) is 0 Å². The third-order valence-electron chi connectivity index (χ3n) is 2.55. The van der Waals surface area contributed by atoms with E-state index in [9.17, 15) is 0 Å². The van der Waals surface area contributed by atoms with Crippen LogP contribution in [0.5, 0.6) is 0 Å². The van der Waals surface area contributed by atoms with Crippen LogP contribution in [0.3, 0.4) is 0 Å². The lowest BCUT2D eigenvalue weighted by atomic mass is 10.2. The molecule has 80 valence electrons. The van der Waals surface area contributed by atoms with Gasteiger partial charge in [-0.15, -0.1) is 0 Å². The molecule has 0 fully saturated rings. The SMILES string of the molecule is Cc1cc(-c2cn3cccnc3n2)c(C)o1. The van der Waals surface area contributed by atoms with Gasteiger partial charge in [0.1, 0.15) is 11.5 Å². The predicted octanol–water partition coefficient (Wildman–Crippen LogP) is 2.61. The Balaban J connectivity index is 2.22. The minimum Gasteiger partial charge on any atom is -0.466 e. The fourth-order valence-electron chi connectivity index (χ4n) is 1.84. The number of fused-ring (bicyclic) bond motifs is 1. The van der Waals surface area contributed by atoms with Crippen LogP contribution in [0.4, 0.5) is 0 Å². The van der Waals surface area contributed by atoms with E-state index in [1.54, 1.807) is 6.20 Å². The van der Waals surface area contributed by atoms with Gasteiger partial charge in [0.2, 0.25) is 5.78 Å². The maximum atomic E-state index is 5.50. The van der Waals surface area contributed by atoms with E-state index in [0.717, 1.165) is 22.8 Å². The maximum absolute atomic E-state index is 5.50. The number of imidazole rings is 1. The van der Waals surface area contributed by atoms with Crippen LogP contribution in [0.2, 0.25) is 0 Å². The number of furan rings is 1. The van der Waals surface area contributed by atoms with Gasteiger partial charge in [-0.05, 0) is 26.0 Å².